The number of aromatic carboxylic acids is 1. The minimum Gasteiger partial charge on any atom is -0.477 e. The largest absolute Gasteiger partial charge is 0.477 e. The van der Waals surface area contributed by atoms with Crippen LogP contribution in [0.3, 0.4) is 0 Å². The molecule has 0 bridgehead atoms. The first-order valence-electron chi connectivity index (χ1n) is 4.68. The molecule has 0 radical (unpaired) electrons. The van der Waals surface area contributed by atoms with E-state index in [2.05, 4.69) is 0 Å². The van der Waals surface area contributed by atoms with Crippen LogP contribution in [-0.2, 0) is 0 Å². The van der Waals surface area contributed by atoms with Crippen LogP contribution in [0.1, 0.15) is 40.4 Å². The molecular weight excluding hydrogens is 222 g/mol. The van der Waals surface area contributed by atoms with Crippen LogP contribution in [0.5, 0.6) is 0 Å². The quantitative estimate of drug-likeness (QED) is 0.849. The van der Waals surface area contributed by atoms with E-state index in [1.807, 2.05) is 0 Å². The van der Waals surface area contributed by atoms with Gasteiger partial charge in [0.2, 0.25) is 5.92 Å². The van der Waals surface area contributed by atoms with Crippen LogP contribution in [0.15, 0.2) is 11.4 Å². The molecule has 0 spiro atoms. The van der Waals surface area contributed by atoms with E-state index in [-0.39, 0.29) is 23.6 Å². The average molecular weight is 232 g/mol. The van der Waals surface area contributed by atoms with Gasteiger partial charge in [0, 0.05) is 12.8 Å². The van der Waals surface area contributed by atoms with Crippen LogP contribution >= 0.6 is 11.3 Å². The van der Waals surface area contributed by atoms with Gasteiger partial charge in [-0.2, -0.15) is 0 Å². The zero-order chi connectivity index (χ0) is 11.1. The molecule has 1 N–H and O–H groups in total. The molecule has 2 nitrogen and oxygen atoms in total. The van der Waals surface area contributed by atoms with Crippen molar-refractivity contribution in [1.82, 2.24) is 0 Å². The molecular formula is C10H10F2O2S. The normalized spacial score (nSPS) is 24.3. The lowest BCUT2D eigenvalue weighted by molar-refractivity contribution is 0.00770. The van der Waals surface area contributed by atoms with Gasteiger partial charge < -0.3 is 5.11 Å². The average Bonchev–Trinajstić information content (AvgIpc) is 2.69. The molecule has 1 aromatic rings. The Bertz CT molecular complexity index is 387. The summed E-state index contributed by atoms with van der Waals surface area (Å²) in [4.78, 5) is 11.0. The monoisotopic (exact) mass is 232 g/mol. The van der Waals surface area contributed by atoms with Crippen molar-refractivity contribution in [1.29, 1.82) is 0 Å². The van der Waals surface area contributed by atoms with Crippen molar-refractivity contribution in [2.24, 2.45) is 0 Å². The van der Waals surface area contributed by atoms with E-state index in [9.17, 15) is 13.6 Å². The molecule has 82 valence electrons. The lowest BCUT2D eigenvalue weighted by atomic mass is 9.98. The minimum absolute atomic E-state index is 0.132. The van der Waals surface area contributed by atoms with Crippen molar-refractivity contribution >= 4 is 17.3 Å². The molecule has 1 fully saturated rings. The van der Waals surface area contributed by atoms with Gasteiger partial charge in [0.05, 0.1) is 0 Å². The van der Waals surface area contributed by atoms with E-state index >= 15 is 0 Å². The minimum atomic E-state index is -2.62. The van der Waals surface area contributed by atoms with E-state index < -0.39 is 11.9 Å². The number of rotatable bonds is 2. The van der Waals surface area contributed by atoms with Crippen molar-refractivity contribution in [3.63, 3.8) is 0 Å². The fraction of sp³-hybridized carbons (Fsp3) is 0.500. The number of hydrogen-bond donors (Lipinski definition) is 1. The predicted molar refractivity (Wildman–Crippen MR) is 52.8 cm³/mol. The zero-order valence-electron chi connectivity index (χ0n) is 7.87. The van der Waals surface area contributed by atoms with Gasteiger partial charge in [-0.25, -0.2) is 13.6 Å². The van der Waals surface area contributed by atoms with Crippen LogP contribution in [-0.4, -0.2) is 17.0 Å². The highest BCUT2D eigenvalue weighted by atomic mass is 32.1. The van der Waals surface area contributed by atoms with Gasteiger partial charge in [0.25, 0.3) is 0 Å². The zero-order valence-corrected chi connectivity index (χ0v) is 8.69. The first-order chi connectivity index (χ1) is 6.99. The van der Waals surface area contributed by atoms with Crippen LogP contribution < -0.4 is 0 Å². The molecule has 2 rings (SSSR count). The molecule has 1 saturated carbocycles. The maximum absolute atomic E-state index is 13.0. The molecule has 1 aliphatic rings. The smallest absolute Gasteiger partial charge is 0.346 e. The van der Waals surface area contributed by atoms with Crippen LogP contribution in [0, 0.1) is 0 Å². The molecule has 15 heavy (non-hydrogen) atoms. The second-order valence-electron chi connectivity index (χ2n) is 3.81. The molecule has 1 aromatic heterocycles. The molecule has 0 amide bonds. The van der Waals surface area contributed by atoms with Crippen molar-refractivity contribution in [2.75, 3.05) is 0 Å². The summed E-state index contributed by atoms with van der Waals surface area (Å²) in [5.74, 6) is -3.94. The SMILES string of the molecule is O=C(O)c1sccc1C1CCC(F)(F)C1. The highest BCUT2D eigenvalue weighted by Gasteiger charge is 2.41. The van der Waals surface area contributed by atoms with E-state index in [0.717, 1.165) is 11.3 Å². The number of hydrogen-bond acceptors (Lipinski definition) is 2. The van der Waals surface area contributed by atoms with E-state index in [1.54, 1.807) is 11.4 Å². The first-order valence-corrected chi connectivity index (χ1v) is 5.56. The van der Waals surface area contributed by atoms with E-state index in [1.165, 1.54) is 0 Å². The maximum Gasteiger partial charge on any atom is 0.346 e. The molecule has 0 saturated heterocycles. The van der Waals surface area contributed by atoms with Crippen molar-refractivity contribution in [3.05, 3.63) is 21.9 Å². The fourth-order valence-electron chi connectivity index (χ4n) is 2.03. The van der Waals surface area contributed by atoms with Crippen LogP contribution in [0.4, 0.5) is 8.78 Å². The topological polar surface area (TPSA) is 37.3 Å². The summed E-state index contributed by atoms with van der Waals surface area (Å²) in [6.07, 6.45) is 0.0284. The summed E-state index contributed by atoms with van der Waals surface area (Å²) >= 11 is 1.10. The molecule has 5 heteroatoms. The summed E-state index contributed by atoms with van der Waals surface area (Å²) in [6.45, 7) is 0. The van der Waals surface area contributed by atoms with E-state index in [4.69, 9.17) is 5.11 Å². The summed E-state index contributed by atoms with van der Waals surface area (Å²) in [6, 6.07) is 1.65. The number of halogens is 2. The predicted octanol–water partition coefficient (Wildman–Crippen LogP) is 3.35. The summed E-state index contributed by atoms with van der Waals surface area (Å²) in [5, 5.41) is 10.5. The maximum atomic E-state index is 13.0. The Morgan fingerprint density at radius 1 is 1.60 bits per heavy atom. The number of carbonyl (C=O) groups is 1. The van der Waals surface area contributed by atoms with Crippen molar-refractivity contribution in [3.8, 4) is 0 Å². The van der Waals surface area contributed by atoms with Gasteiger partial charge >= 0.3 is 5.97 Å². The Balaban J connectivity index is 2.24. The van der Waals surface area contributed by atoms with Crippen molar-refractivity contribution in [2.45, 2.75) is 31.1 Å². The summed E-state index contributed by atoms with van der Waals surface area (Å²) in [5.41, 5.74) is 0.574. The third-order valence-electron chi connectivity index (χ3n) is 2.73. The van der Waals surface area contributed by atoms with Gasteiger partial charge in [-0.1, -0.05) is 0 Å². The Kier molecular flexibility index (Phi) is 2.50. The summed E-state index contributed by atoms with van der Waals surface area (Å²) < 4.78 is 26.0. The molecule has 1 heterocycles. The van der Waals surface area contributed by atoms with Gasteiger partial charge in [-0.3, -0.25) is 0 Å². The fourth-order valence-corrected chi connectivity index (χ4v) is 2.85. The third-order valence-corrected chi connectivity index (χ3v) is 3.65. The number of carboxylic acid groups (broad SMARTS) is 1. The standard InChI is InChI=1S/C10H10F2O2S/c11-10(12)3-1-6(5-10)7-2-4-15-8(7)9(13)14/h2,4,6H,1,3,5H2,(H,13,14). The van der Waals surface area contributed by atoms with Crippen molar-refractivity contribution < 1.29 is 18.7 Å². The molecule has 1 aliphatic carbocycles. The third kappa shape index (κ3) is 2.02. The van der Waals surface area contributed by atoms with Gasteiger partial charge in [-0.05, 0) is 29.3 Å². The van der Waals surface area contributed by atoms with Gasteiger partial charge in [-0.15, -0.1) is 11.3 Å². The second kappa shape index (κ2) is 3.56. The lowest BCUT2D eigenvalue weighted by Crippen LogP contribution is -2.09. The molecule has 0 aromatic carbocycles. The Hall–Kier alpha value is -0.970. The molecule has 0 aliphatic heterocycles. The Labute approximate surface area is 89.5 Å². The Morgan fingerprint density at radius 2 is 2.33 bits per heavy atom. The van der Waals surface area contributed by atoms with Gasteiger partial charge in [0.15, 0.2) is 0 Å². The number of carboxylic acids is 1. The van der Waals surface area contributed by atoms with Gasteiger partial charge in [0.1, 0.15) is 4.88 Å². The summed E-state index contributed by atoms with van der Waals surface area (Å²) in [7, 11) is 0. The number of alkyl halides is 2. The highest BCUT2D eigenvalue weighted by molar-refractivity contribution is 7.12. The second-order valence-corrected chi connectivity index (χ2v) is 4.72. The number of thiophene rings is 1. The molecule has 1 atom stereocenters. The van der Waals surface area contributed by atoms with Crippen LogP contribution in [0.25, 0.3) is 0 Å². The highest BCUT2D eigenvalue weighted by Crippen LogP contribution is 2.45. The molecule has 1 unspecified atom stereocenters. The van der Waals surface area contributed by atoms with E-state index in [0.29, 0.717) is 12.0 Å². The van der Waals surface area contributed by atoms with Crippen LogP contribution in [0.2, 0.25) is 0 Å². The lowest BCUT2D eigenvalue weighted by Gasteiger charge is -2.10. The first kappa shape index (κ1) is 10.5. The Morgan fingerprint density at radius 3 is 2.87 bits per heavy atom.